The van der Waals surface area contributed by atoms with Gasteiger partial charge in [-0.2, -0.15) is 0 Å². The molecule has 2 rings (SSSR count). The van der Waals surface area contributed by atoms with Crippen LogP contribution in [-0.2, 0) is 6.54 Å². The first-order chi connectivity index (χ1) is 9.58. The van der Waals surface area contributed by atoms with Crippen molar-refractivity contribution in [2.24, 2.45) is 5.73 Å². The van der Waals surface area contributed by atoms with Crippen LogP contribution in [0.15, 0.2) is 6.07 Å². The molecule has 112 valence electrons. The SMILES string of the molecule is COc1cc2c(c(OC)c1OC)C(CN)N(C(C)C)C2. The van der Waals surface area contributed by atoms with E-state index in [1.807, 2.05) is 6.07 Å². The maximum absolute atomic E-state index is 5.99. The predicted octanol–water partition coefficient (Wildman–Crippen LogP) is 1.94. The van der Waals surface area contributed by atoms with Gasteiger partial charge in [0.25, 0.3) is 0 Å². The number of nitrogens with two attached hydrogens (primary N) is 1. The summed E-state index contributed by atoms with van der Waals surface area (Å²) in [4.78, 5) is 2.37. The van der Waals surface area contributed by atoms with Crippen LogP contribution in [0.1, 0.15) is 31.0 Å². The van der Waals surface area contributed by atoms with Gasteiger partial charge in [0.15, 0.2) is 11.5 Å². The van der Waals surface area contributed by atoms with Crippen LogP contribution in [0.2, 0.25) is 0 Å². The zero-order valence-corrected chi connectivity index (χ0v) is 12.9. The topological polar surface area (TPSA) is 57.0 Å². The summed E-state index contributed by atoms with van der Waals surface area (Å²) in [6.07, 6.45) is 0. The van der Waals surface area contributed by atoms with Crippen LogP contribution in [0.25, 0.3) is 0 Å². The van der Waals surface area contributed by atoms with E-state index in [9.17, 15) is 0 Å². The Balaban J connectivity index is 2.61. The van der Waals surface area contributed by atoms with Crippen molar-refractivity contribution in [3.05, 3.63) is 17.2 Å². The molecule has 1 aliphatic rings. The van der Waals surface area contributed by atoms with Crippen molar-refractivity contribution in [3.8, 4) is 17.2 Å². The molecular formula is C15H24N2O3. The Morgan fingerprint density at radius 2 is 1.85 bits per heavy atom. The van der Waals surface area contributed by atoms with Crippen molar-refractivity contribution < 1.29 is 14.2 Å². The molecule has 0 fully saturated rings. The number of benzene rings is 1. The fraction of sp³-hybridized carbons (Fsp3) is 0.600. The van der Waals surface area contributed by atoms with Crippen LogP contribution in [0, 0.1) is 0 Å². The third kappa shape index (κ3) is 2.21. The molecule has 0 aromatic heterocycles. The minimum atomic E-state index is 0.153. The molecule has 5 nitrogen and oxygen atoms in total. The van der Waals surface area contributed by atoms with Gasteiger partial charge in [0.05, 0.1) is 27.4 Å². The van der Waals surface area contributed by atoms with Gasteiger partial charge in [0, 0.05) is 24.7 Å². The molecule has 5 heteroatoms. The van der Waals surface area contributed by atoms with E-state index in [2.05, 4.69) is 18.7 Å². The maximum Gasteiger partial charge on any atom is 0.203 e. The Kier molecular flexibility index (Phi) is 4.40. The van der Waals surface area contributed by atoms with E-state index in [-0.39, 0.29) is 6.04 Å². The van der Waals surface area contributed by atoms with Gasteiger partial charge in [0.2, 0.25) is 5.75 Å². The van der Waals surface area contributed by atoms with Crippen molar-refractivity contribution in [3.63, 3.8) is 0 Å². The molecule has 0 spiro atoms. The largest absolute Gasteiger partial charge is 0.493 e. The smallest absolute Gasteiger partial charge is 0.203 e. The second-order valence-corrected chi connectivity index (χ2v) is 5.24. The van der Waals surface area contributed by atoms with Gasteiger partial charge in [-0.05, 0) is 25.5 Å². The molecule has 0 bridgehead atoms. The van der Waals surface area contributed by atoms with Gasteiger partial charge < -0.3 is 19.9 Å². The monoisotopic (exact) mass is 280 g/mol. The van der Waals surface area contributed by atoms with Crippen LogP contribution < -0.4 is 19.9 Å². The number of methoxy groups -OCH3 is 3. The number of hydrogen-bond acceptors (Lipinski definition) is 5. The van der Waals surface area contributed by atoms with Gasteiger partial charge in [-0.1, -0.05) is 0 Å². The molecule has 0 amide bonds. The first kappa shape index (κ1) is 14.9. The lowest BCUT2D eigenvalue weighted by Gasteiger charge is -2.28. The Labute approximate surface area is 120 Å². The highest BCUT2D eigenvalue weighted by Crippen LogP contribution is 2.49. The highest BCUT2D eigenvalue weighted by atomic mass is 16.5. The predicted molar refractivity (Wildman–Crippen MR) is 78.6 cm³/mol. The number of fused-ring (bicyclic) bond motifs is 1. The van der Waals surface area contributed by atoms with Crippen LogP contribution in [0.3, 0.4) is 0 Å². The highest BCUT2D eigenvalue weighted by molar-refractivity contribution is 5.61. The Morgan fingerprint density at radius 1 is 1.20 bits per heavy atom. The molecule has 2 N–H and O–H groups in total. The van der Waals surface area contributed by atoms with Crippen LogP contribution in [0.5, 0.6) is 17.2 Å². The molecule has 1 aliphatic heterocycles. The number of rotatable bonds is 5. The molecule has 1 heterocycles. The standard InChI is InChI=1S/C15H24N2O3/c1-9(2)17-8-10-6-12(18-3)14(19-4)15(20-5)13(10)11(17)7-16/h6,9,11H,7-8,16H2,1-5H3. The minimum absolute atomic E-state index is 0.153. The molecule has 0 saturated heterocycles. The lowest BCUT2D eigenvalue weighted by atomic mass is 10.0. The van der Waals surface area contributed by atoms with Gasteiger partial charge in [-0.25, -0.2) is 0 Å². The fourth-order valence-electron chi connectivity index (χ4n) is 2.99. The normalized spacial score (nSPS) is 18.2. The summed E-state index contributed by atoms with van der Waals surface area (Å²) in [7, 11) is 4.92. The molecule has 1 atom stereocenters. The van der Waals surface area contributed by atoms with E-state index in [1.54, 1.807) is 21.3 Å². The summed E-state index contributed by atoms with van der Waals surface area (Å²) in [5, 5.41) is 0. The average Bonchev–Trinajstić information content (AvgIpc) is 2.83. The van der Waals surface area contributed by atoms with E-state index in [0.717, 1.165) is 17.9 Å². The second kappa shape index (κ2) is 5.89. The summed E-state index contributed by atoms with van der Waals surface area (Å²) in [6, 6.07) is 2.60. The second-order valence-electron chi connectivity index (χ2n) is 5.24. The zero-order valence-electron chi connectivity index (χ0n) is 12.9. The highest BCUT2D eigenvalue weighted by Gasteiger charge is 2.36. The van der Waals surface area contributed by atoms with Crippen LogP contribution >= 0.6 is 0 Å². The fourth-order valence-corrected chi connectivity index (χ4v) is 2.99. The van der Waals surface area contributed by atoms with Crippen LogP contribution in [-0.4, -0.2) is 38.8 Å². The molecule has 1 aromatic carbocycles. The number of ether oxygens (including phenoxy) is 3. The summed E-state index contributed by atoms with van der Waals surface area (Å²) in [5.74, 6) is 2.07. The third-order valence-corrected chi connectivity index (χ3v) is 3.93. The zero-order chi connectivity index (χ0) is 14.9. The molecule has 0 saturated carbocycles. The summed E-state index contributed by atoms with van der Waals surface area (Å²) < 4.78 is 16.5. The van der Waals surface area contributed by atoms with Gasteiger partial charge in [-0.3, -0.25) is 4.90 Å². The molecule has 0 radical (unpaired) electrons. The van der Waals surface area contributed by atoms with Gasteiger partial charge in [0.1, 0.15) is 0 Å². The Bertz CT molecular complexity index is 488. The molecule has 1 unspecified atom stereocenters. The van der Waals surface area contributed by atoms with Crippen molar-refractivity contribution in [2.45, 2.75) is 32.5 Å². The molecule has 0 aliphatic carbocycles. The first-order valence-electron chi connectivity index (χ1n) is 6.86. The number of hydrogen-bond donors (Lipinski definition) is 1. The third-order valence-electron chi connectivity index (χ3n) is 3.93. The van der Waals surface area contributed by atoms with Crippen molar-refractivity contribution in [2.75, 3.05) is 27.9 Å². The average molecular weight is 280 g/mol. The van der Waals surface area contributed by atoms with E-state index < -0.39 is 0 Å². The van der Waals surface area contributed by atoms with E-state index in [4.69, 9.17) is 19.9 Å². The minimum Gasteiger partial charge on any atom is -0.493 e. The lowest BCUT2D eigenvalue weighted by molar-refractivity contribution is 0.170. The Morgan fingerprint density at radius 3 is 2.30 bits per heavy atom. The van der Waals surface area contributed by atoms with E-state index in [0.29, 0.717) is 24.1 Å². The molecule has 20 heavy (non-hydrogen) atoms. The van der Waals surface area contributed by atoms with Crippen molar-refractivity contribution >= 4 is 0 Å². The lowest BCUT2D eigenvalue weighted by Crippen LogP contribution is -2.33. The summed E-state index contributed by atoms with van der Waals surface area (Å²) in [5.41, 5.74) is 8.32. The summed E-state index contributed by atoms with van der Waals surface area (Å²) >= 11 is 0. The van der Waals surface area contributed by atoms with E-state index in [1.165, 1.54) is 5.56 Å². The van der Waals surface area contributed by atoms with Crippen LogP contribution in [0.4, 0.5) is 0 Å². The first-order valence-corrected chi connectivity index (χ1v) is 6.86. The van der Waals surface area contributed by atoms with Crippen molar-refractivity contribution in [1.82, 2.24) is 4.90 Å². The van der Waals surface area contributed by atoms with Gasteiger partial charge >= 0.3 is 0 Å². The van der Waals surface area contributed by atoms with E-state index >= 15 is 0 Å². The number of nitrogens with zero attached hydrogens (tertiary/aromatic N) is 1. The Hall–Kier alpha value is -1.46. The summed E-state index contributed by atoms with van der Waals surface area (Å²) in [6.45, 7) is 5.76. The maximum atomic E-state index is 5.99. The quantitative estimate of drug-likeness (QED) is 0.893. The van der Waals surface area contributed by atoms with Crippen molar-refractivity contribution in [1.29, 1.82) is 0 Å². The molecular weight excluding hydrogens is 256 g/mol. The molecule has 1 aromatic rings. The van der Waals surface area contributed by atoms with Gasteiger partial charge in [-0.15, -0.1) is 0 Å².